The van der Waals surface area contributed by atoms with Crippen LogP contribution in [-0.4, -0.2) is 49.2 Å². The van der Waals surface area contributed by atoms with Gasteiger partial charge in [0.25, 0.3) is 0 Å². The minimum absolute atomic E-state index is 0.172. The van der Waals surface area contributed by atoms with Crippen molar-refractivity contribution in [2.75, 3.05) is 26.2 Å². The normalized spacial score (nSPS) is 24.0. The zero-order valence-electron chi connectivity index (χ0n) is 17.5. The number of hydrogen-bond acceptors (Lipinski definition) is 3. The Balaban J connectivity index is 1.74. The third-order valence-electron chi connectivity index (χ3n) is 6.44. The average Bonchev–Trinajstić information content (AvgIpc) is 3.00. The second-order valence-corrected chi connectivity index (χ2v) is 8.64. The summed E-state index contributed by atoms with van der Waals surface area (Å²) in [5.41, 5.74) is 0.489. The maximum absolute atomic E-state index is 11.8. The van der Waals surface area contributed by atoms with E-state index in [0.717, 1.165) is 19.6 Å². The first kappa shape index (κ1) is 21.7. The predicted octanol–water partition coefficient (Wildman–Crippen LogP) is 4.52. The lowest BCUT2D eigenvalue weighted by atomic mass is 9.77. The van der Waals surface area contributed by atoms with Crippen LogP contribution in [0.2, 0.25) is 0 Å². The molecule has 2 rings (SSSR count). The van der Waals surface area contributed by atoms with Gasteiger partial charge in [0.15, 0.2) is 0 Å². The topological polar surface area (TPSA) is 41.6 Å². The molecule has 26 heavy (non-hydrogen) atoms. The molecular formula is C22H42N2O2. The monoisotopic (exact) mass is 366 g/mol. The molecule has 1 saturated carbocycles. The Kier molecular flexibility index (Phi) is 9.41. The Hall–Kier alpha value is -0.610. The van der Waals surface area contributed by atoms with Gasteiger partial charge in [0, 0.05) is 6.54 Å². The van der Waals surface area contributed by atoms with E-state index < -0.39 is 0 Å². The molecule has 1 spiro atoms. The van der Waals surface area contributed by atoms with Gasteiger partial charge in [0.05, 0.1) is 18.8 Å². The summed E-state index contributed by atoms with van der Waals surface area (Å²) in [6.07, 6.45) is 14.9. The fourth-order valence-electron chi connectivity index (χ4n) is 4.86. The number of nitrogens with one attached hydrogen (secondary N) is 1. The van der Waals surface area contributed by atoms with Crippen LogP contribution in [0.1, 0.15) is 91.4 Å². The van der Waals surface area contributed by atoms with E-state index in [1.165, 1.54) is 70.6 Å². The standard InChI is InChI=1S/C22H42N2O2/c1-4-7-8-10-19(9-5-2)26-20-11-12-22(17-20)13-15-24(16-14-22)18-21(25)23-6-3/h19-20H,4-18H2,1-3H3,(H,23,25). The summed E-state index contributed by atoms with van der Waals surface area (Å²) in [6.45, 7) is 9.96. The lowest BCUT2D eigenvalue weighted by Gasteiger charge is -2.39. The molecule has 1 aliphatic carbocycles. The minimum Gasteiger partial charge on any atom is -0.375 e. The van der Waals surface area contributed by atoms with Crippen molar-refractivity contribution < 1.29 is 9.53 Å². The molecule has 2 aliphatic rings. The van der Waals surface area contributed by atoms with Crippen molar-refractivity contribution in [3.05, 3.63) is 0 Å². The summed E-state index contributed by atoms with van der Waals surface area (Å²) in [6, 6.07) is 0. The van der Waals surface area contributed by atoms with Crippen LogP contribution in [0.4, 0.5) is 0 Å². The number of likely N-dealkylation sites (tertiary alicyclic amines) is 1. The van der Waals surface area contributed by atoms with E-state index in [1.54, 1.807) is 0 Å². The molecule has 1 N–H and O–H groups in total. The number of nitrogens with zero attached hydrogens (tertiary/aromatic N) is 1. The maximum Gasteiger partial charge on any atom is 0.234 e. The van der Waals surface area contributed by atoms with E-state index in [2.05, 4.69) is 24.1 Å². The van der Waals surface area contributed by atoms with Gasteiger partial charge < -0.3 is 10.1 Å². The van der Waals surface area contributed by atoms with Crippen LogP contribution < -0.4 is 5.32 Å². The maximum atomic E-state index is 11.8. The van der Waals surface area contributed by atoms with Gasteiger partial charge in [0.2, 0.25) is 5.91 Å². The van der Waals surface area contributed by atoms with Crippen LogP contribution in [0.3, 0.4) is 0 Å². The van der Waals surface area contributed by atoms with Crippen LogP contribution in [0.5, 0.6) is 0 Å². The number of unbranched alkanes of at least 4 members (excludes halogenated alkanes) is 2. The average molecular weight is 367 g/mol. The number of carbonyl (C=O) groups excluding carboxylic acids is 1. The lowest BCUT2D eigenvalue weighted by Crippen LogP contribution is -2.44. The molecule has 1 saturated heterocycles. The fourth-order valence-corrected chi connectivity index (χ4v) is 4.86. The summed E-state index contributed by atoms with van der Waals surface area (Å²) in [5, 5.41) is 2.91. The summed E-state index contributed by atoms with van der Waals surface area (Å²) < 4.78 is 6.57. The van der Waals surface area contributed by atoms with Gasteiger partial charge in [-0.15, -0.1) is 0 Å². The number of carbonyl (C=O) groups is 1. The van der Waals surface area contributed by atoms with Crippen LogP contribution >= 0.6 is 0 Å². The number of hydrogen-bond donors (Lipinski definition) is 1. The third kappa shape index (κ3) is 6.84. The SMILES string of the molecule is CCCCCC(CCC)OC1CCC2(CCN(CC(=O)NCC)CC2)C1. The number of rotatable bonds is 11. The van der Waals surface area contributed by atoms with Crippen molar-refractivity contribution in [1.29, 1.82) is 0 Å². The highest BCUT2D eigenvalue weighted by Crippen LogP contribution is 2.47. The van der Waals surface area contributed by atoms with E-state index in [-0.39, 0.29) is 5.91 Å². The van der Waals surface area contributed by atoms with Gasteiger partial charge in [0.1, 0.15) is 0 Å². The predicted molar refractivity (Wildman–Crippen MR) is 108 cm³/mol. The number of piperidine rings is 1. The molecule has 0 aromatic carbocycles. The van der Waals surface area contributed by atoms with Crippen LogP contribution in [-0.2, 0) is 9.53 Å². The highest BCUT2D eigenvalue weighted by Gasteiger charge is 2.42. The van der Waals surface area contributed by atoms with Gasteiger partial charge in [-0.2, -0.15) is 0 Å². The molecule has 0 radical (unpaired) electrons. The molecule has 1 amide bonds. The van der Waals surface area contributed by atoms with Crippen molar-refractivity contribution in [1.82, 2.24) is 10.2 Å². The second kappa shape index (κ2) is 11.3. The Labute approximate surface area is 161 Å². The molecule has 2 fully saturated rings. The van der Waals surface area contributed by atoms with Gasteiger partial charge >= 0.3 is 0 Å². The van der Waals surface area contributed by atoms with Crippen molar-refractivity contribution in [2.45, 2.75) is 104 Å². The van der Waals surface area contributed by atoms with E-state index in [4.69, 9.17) is 4.74 Å². The minimum atomic E-state index is 0.172. The Bertz CT molecular complexity index is 405. The highest BCUT2D eigenvalue weighted by molar-refractivity contribution is 5.77. The summed E-state index contributed by atoms with van der Waals surface area (Å²) >= 11 is 0. The quantitative estimate of drug-likeness (QED) is 0.547. The molecule has 1 heterocycles. The second-order valence-electron chi connectivity index (χ2n) is 8.64. The Morgan fingerprint density at radius 2 is 1.88 bits per heavy atom. The summed E-state index contributed by atoms with van der Waals surface area (Å²) in [4.78, 5) is 14.1. The van der Waals surface area contributed by atoms with Gasteiger partial charge in [-0.3, -0.25) is 9.69 Å². The smallest absolute Gasteiger partial charge is 0.234 e. The Morgan fingerprint density at radius 3 is 2.54 bits per heavy atom. The lowest BCUT2D eigenvalue weighted by molar-refractivity contribution is -0.122. The molecular weight excluding hydrogens is 324 g/mol. The molecule has 1 aliphatic heterocycles. The molecule has 0 bridgehead atoms. The van der Waals surface area contributed by atoms with Crippen LogP contribution in [0.15, 0.2) is 0 Å². The van der Waals surface area contributed by atoms with Gasteiger partial charge in [-0.1, -0.05) is 39.5 Å². The number of likely N-dealkylation sites (N-methyl/N-ethyl adjacent to an activating group) is 1. The van der Waals surface area contributed by atoms with E-state index in [1.807, 2.05) is 6.92 Å². The first-order valence-corrected chi connectivity index (χ1v) is 11.2. The van der Waals surface area contributed by atoms with E-state index >= 15 is 0 Å². The molecule has 2 atom stereocenters. The molecule has 4 heteroatoms. The zero-order chi connectivity index (χ0) is 18.8. The first-order chi connectivity index (χ1) is 12.6. The largest absolute Gasteiger partial charge is 0.375 e. The fraction of sp³-hybridized carbons (Fsp3) is 0.955. The van der Waals surface area contributed by atoms with Gasteiger partial charge in [-0.25, -0.2) is 0 Å². The summed E-state index contributed by atoms with van der Waals surface area (Å²) in [5.74, 6) is 0.172. The van der Waals surface area contributed by atoms with Crippen LogP contribution in [0, 0.1) is 5.41 Å². The van der Waals surface area contributed by atoms with E-state index in [9.17, 15) is 4.79 Å². The van der Waals surface area contributed by atoms with Gasteiger partial charge in [-0.05, 0) is 70.4 Å². The van der Waals surface area contributed by atoms with Crippen molar-refractivity contribution in [3.8, 4) is 0 Å². The van der Waals surface area contributed by atoms with Crippen LogP contribution in [0.25, 0.3) is 0 Å². The highest BCUT2D eigenvalue weighted by atomic mass is 16.5. The first-order valence-electron chi connectivity index (χ1n) is 11.2. The number of amides is 1. The Morgan fingerprint density at radius 1 is 1.12 bits per heavy atom. The zero-order valence-corrected chi connectivity index (χ0v) is 17.5. The third-order valence-corrected chi connectivity index (χ3v) is 6.44. The molecule has 152 valence electrons. The van der Waals surface area contributed by atoms with E-state index in [0.29, 0.717) is 24.2 Å². The van der Waals surface area contributed by atoms with Crippen molar-refractivity contribution in [2.24, 2.45) is 5.41 Å². The molecule has 0 aromatic rings. The molecule has 0 aromatic heterocycles. The van der Waals surface area contributed by atoms with Crippen molar-refractivity contribution >= 4 is 5.91 Å². The summed E-state index contributed by atoms with van der Waals surface area (Å²) in [7, 11) is 0. The van der Waals surface area contributed by atoms with Crippen molar-refractivity contribution in [3.63, 3.8) is 0 Å². The number of ether oxygens (including phenoxy) is 1. The molecule has 4 nitrogen and oxygen atoms in total. The molecule has 2 unspecified atom stereocenters.